The first-order valence-corrected chi connectivity index (χ1v) is 7.26. The molecule has 1 N–H and O–H groups in total. The second-order valence-electron chi connectivity index (χ2n) is 4.39. The number of hydrogen-bond donors (Lipinski definition) is 1. The van der Waals surface area contributed by atoms with Crippen molar-refractivity contribution in [1.82, 2.24) is 5.32 Å². The van der Waals surface area contributed by atoms with Gasteiger partial charge >= 0.3 is 0 Å². The van der Waals surface area contributed by atoms with Gasteiger partial charge in [-0.3, -0.25) is 0 Å². The number of sulfone groups is 1. The van der Waals surface area contributed by atoms with Crippen molar-refractivity contribution in [3.63, 3.8) is 0 Å². The van der Waals surface area contributed by atoms with Crippen molar-refractivity contribution in [2.24, 2.45) is 5.92 Å². The van der Waals surface area contributed by atoms with Crippen molar-refractivity contribution in [3.05, 3.63) is 0 Å². The maximum Gasteiger partial charge on any atom is 0.147 e. The molecule has 0 heterocycles. The fourth-order valence-electron chi connectivity index (χ4n) is 1.54. The molecule has 3 nitrogen and oxygen atoms in total. The fourth-order valence-corrected chi connectivity index (χ4v) is 2.23. The molecule has 14 heavy (non-hydrogen) atoms. The lowest BCUT2D eigenvalue weighted by Crippen LogP contribution is -2.27. The highest BCUT2D eigenvalue weighted by Gasteiger charge is 2.09. The van der Waals surface area contributed by atoms with Crippen LogP contribution in [0, 0.1) is 5.92 Å². The van der Waals surface area contributed by atoms with E-state index >= 15 is 0 Å². The molecule has 0 radical (unpaired) electrons. The molecule has 0 aliphatic heterocycles. The van der Waals surface area contributed by atoms with E-state index in [-0.39, 0.29) is 0 Å². The molecule has 0 spiro atoms. The van der Waals surface area contributed by atoms with Gasteiger partial charge in [0.15, 0.2) is 0 Å². The Morgan fingerprint density at radius 2 is 1.86 bits per heavy atom. The molecule has 0 bridgehead atoms. The molecule has 0 fully saturated rings. The van der Waals surface area contributed by atoms with Gasteiger partial charge < -0.3 is 5.32 Å². The summed E-state index contributed by atoms with van der Waals surface area (Å²) in [6.07, 6.45) is 4.11. The Balaban J connectivity index is 3.74. The van der Waals surface area contributed by atoms with Crippen LogP contribution >= 0.6 is 0 Å². The molecule has 0 saturated heterocycles. The number of rotatable bonds is 7. The second-order valence-corrected chi connectivity index (χ2v) is 6.65. The van der Waals surface area contributed by atoms with E-state index in [9.17, 15) is 8.42 Å². The zero-order valence-corrected chi connectivity index (χ0v) is 10.5. The highest BCUT2D eigenvalue weighted by molar-refractivity contribution is 7.90. The molecule has 4 heteroatoms. The van der Waals surface area contributed by atoms with Crippen LogP contribution in [0.4, 0.5) is 0 Å². The van der Waals surface area contributed by atoms with Crippen LogP contribution in [0.1, 0.15) is 33.1 Å². The molecule has 0 aromatic rings. The molecule has 0 aromatic carbocycles. The van der Waals surface area contributed by atoms with Gasteiger partial charge in [0.25, 0.3) is 0 Å². The van der Waals surface area contributed by atoms with Gasteiger partial charge in [0.1, 0.15) is 9.84 Å². The SMILES string of the molecule is CNC(CCCS(C)(=O)=O)CC(C)C. The lowest BCUT2D eigenvalue weighted by molar-refractivity contribution is 0.418. The third-order valence-electron chi connectivity index (χ3n) is 2.23. The minimum atomic E-state index is -2.78. The molecule has 0 rings (SSSR count). The Hall–Kier alpha value is -0.0900. The monoisotopic (exact) mass is 221 g/mol. The van der Waals surface area contributed by atoms with Crippen LogP contribution in [0.2, 0.25) is 0 Å². The van der Waals surface area contributed by atoms with Gasteiger partial charge in [-0.15, -0.1) is 0 Å². The molecule has 0 aromatic heterocycles. The van der Waals surface area contributed by atoms with Crippen LogP contribution in [0.5, 0.6) is 0 Å². The summed E-state index contributed by atoms with van der Waals surface area (Å²) in [5.41, 5.74) is 0. The molecule has 0 amide bonds. The van der Waals surface area contributed by atoms with Crippen molar-refractivity contribution in [2.75, 3.05) is 19.1 Å². The average Bonchev–Trinajstić information content (AvgIpc) is 1.99. The van der Waals surface area contributed by atoms with Gasteiger partial charge in [-0.25, -0.2) is 8.42 Å². The van der Waals surface area contributed by atoms with E-state index < -0.39 is 9.84 Å². The standard InChI is InChI=1S/C10H23NO2S/c1-9(2)8-10(11-3)6-5-7-14(4,12)13/h9-11H,5-8H2,1-4H3. The van der Waals surface area contributed by atoms with Gasteiger partial charge in [-0.2, -0.15) is 0 Å². The highest BCUT2D eigenvalue weighted by Crippen LogP contribution is 2.09. The summed E-state index contributed by atoms with van der Waals surface area (Å²) < 4.78 is 21.8. The van der Waals surface area contributed by atoms with E-state index in [1.165, 1.54) is 6.26 Å². The van der Waals surface area contributed by atoms with E-state index in [1.807, 2.05) is 7.05 Å². The second kappa shape index (κ2) is 6.40. The summed E-state index contributed by atoms with van der Waals surface area (Å²) in [4.78, 5) is 0. The fraction of sp³-hybridized carbons (Fsp3) is 1.00. The molecular formula is C10H23NO2S. The van der Waals surface area contributed by atoms with Gasteiger partial charge in [-0.05, 0) is 32.2 Å². The van der Waals surface area contributed by atoms with Gasteiger partial charge in [-0.1, -0.05) is 13.8 Å². The molecule has 0 aliphatic carbocycles. The molecule has 86 valence electrons. The smallest absolute Gasteiger partial charge is 0.147 e. The highest BCUT2D eigenvalue weighted by atomic mass is 32.2. The van der Waals surface area contributed by atoms with Gasteiger partial charge in [0.2, 0.25) is 0 Å². The van der Waals surface area contributed by atoms with E-state index in [1.54, 1.807) is 0 Å². The van der Waals surface area contributed by atoms with E-state index in [4.69, 9.17) is 0 Å². The Morgan fingerprint density at radius 1 is 1.29 bits per heavy atom. The van der Waals surface area contributed by atoms with Gasteiger partial charge in [0.05, 0.1) is 0 Å². The van der Waals surface area contributed by atoms with Crippen LogP contribution in [0.3, 0.4) is 0 Å². The van der Waals surface area contributed by atoms with Crippen LogP contribution in [-0.4, -0.2) is 33.5 Å². The first-order valence-electron chi connectivity index (χ1n) is 5.20. The summed E-state index contributed by atoms with van der Waals surface area (Å²) in [7, 11) is -0.846. The zero-order valence-electron chi connectivity index (χ0n) is 9.71. The minimum Gasteiger partial charge on any atom is -0.317 e. The lowest BCUT2D eigenvalue weighted by Gasteiger charge is -2.17. The summed E-state index contributed by atoms with van der Waals surface area (Å²) in [6, 6.07) is 0.455. The van der Waals surface area contributed by atoms with Crippen LogP contribution in [0.15, 0.2) is 0 Å². The predicted molar refractivity (Wildman–Crippen MR) is 61.2 cm³/mol. The Bertz CT molecular complexity index is 235. The van der Waals surface area contributed by atoms with Crippen molar-refractivity contribution < 1.29 is 8.42 Å². The summed E-state index contributed by atoms with van der Waals surface area (Å²) in [5, 5.41) is 3.22. The van der Waals surface area contributed by atoms with Gasteiger partial charge in [0, 0.05) is 18.1 Å². The summed E-state index contributed by atoms with van der Waals surface area (Å²) in [6.45, 7) is 4.36. The average molecular weight is 221 g/mol. The lowest BCUT2D eigenvalue weighted by atomic mass is 10.0. The Morgan fingerprint density at radius 3 is 2.21 bits per heavy atom. The van der Waals surface area contributed by atoms with Crippen molar-refractivity contribution in [1.29, 1.82) is 0 Å². The Kier molecular flexibility index (Phi) is 6.36. The molecular weight excluding hydrogens is 198 g/mol. The molecule has 1 unspecified atom stereocenters. The predicted octanol–water partition coefficient (Wildman–Crippen LogP) is 1.45. The summed E-state index contributed by atoms with van der Waals surface area (Å²) >= 11 is 0. The van der Waals surface area contributed by atoms with Crippen LogP contribution in [-0.2, 0) is 9.84 Å². The topological polar surface area (TPSA) is 46.2 Å². The van der Waals surface area contributed by atoms with Crippen molar-refractivity contribution in [3.8, 4) is 0 Å². The summed E-state index contributed by atoms with van der Waals surface area (Å²) in [5.74, 6) is 0.967. The van der Waals surface area contributed by atoms with Crippen molar-refractivity contribution >= 4 is 9.84 Å². The van der Waals surface area contributed by atoms with E-state index in [0.717, 1.165) is 19.3 Å². The minimum absolute atomic E-state index is 0.309. The molecule has 0 aliphatic rings. The zero-order chi connectivity index (χ0) is 11.2. The third kappa shape index (κ3) is 8.51. The maximum absolute atomic E-state index is 10.9. The first kappa shape index (κ1) is 13.9. The Labute approximate surface area is 88.2 Å². The number of hydrogen-bond acceptors (Lipinski definition) is 3. The quantitative estimate of drug-likeness (QED) is 0.707. The van der Waals surface area contributed by atoms with Crippen LogP contribution in [0.25, 0.3) is 0 Å². The normalized spacial score (nSPS) is 14.6. The molecule has 0 saturated carbocycles. The molecule has 1 atom stereocenters. The first-order chi connectivity index (χ1) is 6.35. The van der Waals surface area contributed by atoms with Crippen molar-refractivity contribution in [2.45, 2.75) is 39.2 Å². The van der Waals surface area contributed by atoms with Crippen LogP contribution < -0.4 is 5.32 Å². The third-order valence-corrected chi connectivity index (χ3v) is 3.26. The maximum atomic E-state index is 10.9. The largest absolute Gasteiger partial charge is 0.317 e. The van der Waals surface area contributed by atoms with E-state index in [0.29, 0.717) is 17.7 Å². The van der Waals surface area contributed by atoms with E-state index in [2.05, 4.69) is 19.2 Å². The number of nitrogens with one attached hydrogen (secondary N) is 1.